The monoisotopic (exact) mass is 229 g/mol. The van der Waals surface area contributed by atoms with Crippen molar-refractivity contribution in [2.24, 2.45) is 0 Å². The zero-order valence-corrected chi connectivity index (χ0v) is 9.97. The van der Waals surface area contributed by atoms with Crippen LogP contribution >= 0.6 is 8.46 Å². The van der Waals surface area contributed by atoms with E-state index in [1.165, 1.54) is 5.56 Å². The van der Waals surface area contributed by atoms with E-state index in [2.05, 4.69) is 12.1 Å². The second-order valence-corrected chi connectivity index (χ2v) is 4.70. The Morgan fingerprint density at radius 1 is 0.875 bits per heavy atom. The molecule has 2 aromatic rings. The second kappa shape index (κ2) is 5.58. The van der Waals surface area contributed by atoms with E-state index in [1.807, 2.05) is 48.5 Å². The Morgan fingerprint density at radius 2 is 1.44 bits per heavy atom. The fraction of sp³-hybridized carbons (Fsp3) is 0.143. The minimum absolute atomic E-state index is 0.114. The van der Waals surface area contributed by atoms with Crippen molar-refractivity contribution >= 4 is 8.46 Å². The molecular formula is C14H14OP+. The van der Waals surface area contributed by atoms with Crippen LogP contribution in [-0.2, 0) is 11.0 Å². The maximum atomic E-state index is 11.3. The van der Waals surface area contributed by atoms with Crippen LogP contribution in [0, 0.1) is 0 Å². The van der Waals surface area contributed by atoms with Crippen LogP contribution in [-0.4, -0.2) is 0 Å². The molecule has 2 aromatic carbocycles. The van der Waals surface area contributed by atoms with Crippen LogP contribution in [0.4, 0.5) is 0 Å². The van der Waals surface area contributed by atoms with Gasteiger partial charge in [0.2, 0.25) is 0 Å². The first-order valence-corrected chi connectivity index (χ1v) is 6.35. The summed E-state index contributed by atoms with van der Waals surface area (Å²) in [5, 5.41) is 0. The average Bonchev–Trinajstić information content (AvgIpc) is 2.38. The number of hydrogen-bond acceptors (Lipinski definition) is 1. The smallest absolute Gasteiger partial charge is 0.0767 e. The van der Waals surface area contributed by atoms with Crippen molar-refractivity contribution < 1.29 is 4.57 Å². The quantitative estimate of drug-likeness (QED) is 0.724. The van der Waals surface area contributed by atoms with E-state index in [0.29, 0.717) is 0 Å². The van der Waals surface area contributed by atoms with Crippen molar-refractivity contribution in [2.45, 2.75) is 12.1 Å². The minimum atomic E-state index is -0.298. The zero-order valence-electron chi connectivity index (χ0n) is 8.97. The molecule has 0 aromatic heterocycles. The third kappa shape index (κ3) is 2.77. The highest BCUT2D eigenvalue weighted by Crippen LogP contribution is 2.30. The lowest BCUT2D eigenvalue weighted by atomic mass is 10.0. The van der Waals surface area contributed by atoms with E-state index in [-0.39, 0.29) is 14.1 Å². The van der Waals surface area contributed by atoms with Gasteiger partial charge in [0.25, 0.3) is 0 Å². The molecule has 0 aliphatic rings. The third-order valence-electron chi connectivity index (χ3n) is 2.63. The van der Waals surface area contributed by atoms with Crippen LogP contribution < -0.4 is 0 Å². The highest BCUT2D eigenvalue weighted by molar-refractivity contribution is 7.24. The fourth-order valence-electron chi connectivity index (χ4n) is 1.76. The molecule has 0 aliphatic heterocycles. The van der Waals surface area contributed by atoms with E-state index in [9.17, 15) is 4.57 Å². The van der Waals surface area contributed by atoms with Gasteiger partial charge in [0.15, 0.2) is 5.66 Å². The summed E-state index contributed by atoms with van der Waals surface area (Å²) >= 11 is 0. The maximum Gasteiger partial charge on any atom is 0.333 e. The van der Waals surface area contributed by atoms with Crippen LogP contribution in [0.5, 0.6) is 0 Å². The molecule has 2 atom stereocenters. The van der Waals surface area contributed by atoms with E-state index in [1.54, 1.807) is 0 Å². The van der Waals surface area contributed by atoms with Gasteiger partial charge in [0, 0.05) is 12.0 Å². The highest BCUT2D eigenvalue weighted by atomic mass is 31.1. The Bertz CT molecular complexity index is 439. The number of benzene rings is 2. The van der Waals surface area contributed by atoms with Crippen molar-refractivity contribution in [3.63, 3.8) is 0 Å². The lowest BCUT2D eigenvalue weighted by molar-refractivity contribution is 0.591. The molecule has 2 rings (SSSR count). The first-order chi connectivity index (χ1) is 7.90. The van der Waals surface area contributed by atoms with Gasteiger partial charge in [-0.2, -0.15) is 0 Å². The summed E-state index contributed by atoms with van der Waals surface area (Å²) in [6, 6.07) is 20.2. The van der Waals surface area contributed by atoms with Gasteiger partial charge in [-0.15, -0.1) is 0 Å². The van der Waals surface area contributed by atoms with Crippen molar-refractivity contribution in [1.29, 1.82) is 0 Å². The Morgan fingerprint density at radius 3 is 2.00 bits per heavy atom. The molecule has 0 saturated heterocycles. The molecule has 2 heteroatoms. The molecule has 0 radical (unpaired) electrons. The molecule has 0 amide bonds. The summed E-state index contributed by atoms with van der Waals surface area (Å²) in [5.74, 6) is 0. The summed E-state index contributed by atoms with van der Waals surface area (Å²) in [6.07, 6.45) is 0.840. The molecule has 0 bridgehead atoms. The molecule has 0 spiro atoms. The minimum Gasteiger partial charge on any atom is -0.0767 e. The molecule has 0 aliphatic carbocycles. The van der Waals surface area contributed by atoms with Crippen molar-refractivity contribution in [1.82, 2.24) is 0 Å². The third-order valence-corrected chi connectivity index (χ3v) is 3.45. The van der Waals surface area contributed by atoms with Gasteiger partial charge >= 0.3 is 8.46 Å². The molecule has 0 fully saturated rings. The lowest BCUT2D eigenvalue weighted by Crippen LogP contribution is -1.95. The largest absolute Gasteiger partial charge is 0.333 e. The Balaban J connectivity index is 2.16. The van der Waals surface area contributed by atoms with Crippen molar-refractivity contribution in [3.05, 3.63) is 71.8 Å². The molecule has 80 valence electrons. The molecule has 0 saturated carbocycles. The Kier molecular flexibility index (Phi) is 3.85. The van der Waals surface area contributed by atoms with Gasteiger partial charge in [-0.1, -0.05) is 65.2 Å². The summed E-state index contributed by atoms with van der Waals surface area (Å²) in [5.41, 5.74) is 2.50. The summed E-state index contributed by atoms with van der Waals surface area (Å²) < 4.78 is 11.3. The molecular weight excluding hydrogens is 215 g/mol. The predicted octanol–water partition coefficient (Wildman–Crippen LogP) is 3.99. The SMILES string of the molecule is O=[PH+][C@@H](Cc1ccccc1)c1ccccc1. The Hall–Kier alpha value is -1.46. The topological polar surface area (TPSA) is 17.1 Å². The average molecular weight is 229 g/mol. The van der Waals surface area contributed by atoms with Crippen LogP contribution in [0.2, 0.25) is 0 Å². The first kappa shape index (κ1) is 11.0. The zero-order chi connectivity index (χ0) is 11.2. The normalized spacial score (nSPS) is 12.5. The van der Waals surface area contributed by atoms with Gasteiger partial charge in [-0.25, -0.2) is 0 Å². The van der Waals surface area contributed by atoms with E-state index >= 15 is 0 Å². The van der Waals surface area contributed by atoms with Gasteiger partial charge in [0.1, 0.15) is 0 Å². The molecule has 16 heavy (non-hydrogen) atoms. The van der Waals surface area contributed by atoms with Crippen LogP contribution in [0.15, 0.2) is 60.7 Å². The number of hydrogen-bond donors (Lipinski definition) is 0. The second-order valence-electron chi connectivity index (χ2n) is 3.77. The summed E-state index contributed by atoms with van der Waals surface area (Å²) in [4.78, 5) is 0. The lowest BCUT2D eigenvalue weighted by Gasteiger charge is -2.04. The summed E-state index contributed by atoms with van der Waals surface area (Å²) in [7, 11) is -0.298. The van der Waals surface area contributed by atoms with Gasteiger partial charge in [0.05, 0.1) is 0 Å². The molecule has 1 nitrogen and oxygen atoms in total. The van der Waals surface area contributed by atoms with Gasteiger partial charge < -0.3 is 0 Å². The van der Waals surface area contributed by atoms with E-state index in [0.717, 1.165) is 12.0 Å². The van der Waals surface area contributed by atoms with Crippen LogP contribution in [0.1, 0.15) is 16.8 Å². The standard InChI is InChI=1S/C14H13OP/c15-16-14(13-9-5-2-6-10-13)11-12-7-3-1-4-8-12/h1-10,14H,11H2/p+1/t14-/m0/s1. The van der Waals surface area contributed by atoms with Gasteiger partial charge in [-0.05, 0) is 5.56 Å². The maximum absolute atomic E-state index is 11.3. The molecule has 0 N–H and O–H groups in total. The van der Waals surface area contributed by atoms with Crippen molar-refractivity contribution in [3.8, 4) is 0 Å². The van der Waals surface area contributed by atoms with Crippen LogP contribution in [0.3, 0.4) is 0 Å². The molecule has 1 unspecified atom stereocenters. The highest BCUT2D eigenvalue weighted by Gasteiger charge is 2.18. The summed E-state index contributed by atoms with van der Waals surface area (Å²) in [6.45, 7) is 0. The van der Waals surface area contributed by atoms with E-state index in [4.69, 9.17) is 0 Å². The first-order valence-electron chi connectivity index (χ1n) is 5.36. The predicted molar refractivity (Wildman–Crippen MR) is 68.3 cm³/mol. The van der Waals surface area contributed by atoms with Crippen molar-refractivity contribution in [2.75, 3.05) is 0 Å². The van der Waals surface area contributed by atoms with E-state index < -0.39 is 0 Å². The fourth-order valence-corrected chi connectivity index (χ4v) is 2.41. The number of rotatable bonds is 4. The Labute approximate surface area is 97.3 Å². The van der Waals surface area contributed by atoms with Crippen LogP contribution in [0.25, 0.3) is 0 Å². The van der Waals surface area contributed by atoms with Gasteiger partial charge in [-0.3, -0.25) is 0 Å². The molecule has 0 heterocycles.